The van der Waals surface area contributed by atoms with Crippen LogP contribution in [0.3, 0.4) is 0 Å². The Labute approximate surface area is 134 Å². The van der Waals surface area contributed by atoms with Crippen molar-refractivity contribution in [3.05, 3.63) is 35.9 Å². The maximum absolute atomic E-state index is 12.9. The van der Waals surface area contributed by atoms with E-state index < -0.39 is 5.54 Å². The molecule has 2 aromatic rings. The Balaban J connectivity index is 1.76. The molecule has 1 aliphatic rings. The van der Waals surface area contributed by atoms with E-state index in [1.807, 2.05) is 35.7 Å². The van der Waals surface area contributed by atoms with E-state index in [4.69, 9.17) is 11.6 Å². The van der Waals surface area contributed by atoms with Gasteiger partial charge in [0.25, 0.3) is 0 Å². The molecule has 3 heterocycles. The van der Waals surface area contributed by atoms with Crippen molar-refractivity contribution in [1.29, 1.82) is 0 Å². The minimum Gasteiger partial charge on any atom is -0.338 e. The molecule has 7 heteroatoms. The summed E-state index contributed by atoms with van der Waals surface area (Å²) in [4.78, 5) is 14.8. The molecule has 0 N–H and O–H groups in total. The molecule has 0 saturated carbocycles. The first-order valence-electron chi connectivity index (χ1n) is 7.47. The van der Waals surface area contributed by atoms with E-state index in [1.165, 1.54) is 0 Å². The Bertz CT molecular complexity index is 649. The molecule has 1 amide bonds. The van der Waals surface area contributed by atoms with E-state index in [-0.39, 0.29) is 11.9 Å². The first-order chi connectivity index (χ1) is 10.5. The van der Waals surface area contributed by atoms with Gasteiger partial charge in [-0.25, -0.2) is 0 Å². The van der Waals surface area contributed by atoms with Gasteiger partial charge in [0.2, 0.25) is 5.91 Å². The third-order valence-electron chi connectivity index (χ3n) is 4.23. The number of amides is 1. The van der Waals surface area contributed by atoms with E-state index in [0.29, 0.717) is 11.6 Å². The minimum absolute atomic E-state index is 0.0594. The lowest BCUT2D eigenvalue weighted by Crippen LogP contribution is -2.50. The molecule has 1 atom stereocenters. The lowest BCUT2D eigenvalue weighted by Gasteiger charge is -2.37. The molecule has 0 unspecified atom stereocenters. The summed E-state index contributed by atoms with van der Waals surface area (Å²) in [6, 6.07) is 2.15. The Hall–Kier alpha value is -1.82. The summed E-state index contributed by atoms with van der Waals surface area (Å²) >= 11 is 5.93. The number of likely N-dealkylation sites (tertiary alicyclic amines) is 1. The quantitative estimate of drug-likeness (QED) is 0.872. The zero-order valence-electron chi connectivity index (χ0n) is 12.8. The van der Waals surface area contributed by atoms with Crippen molar-refractivity contribution in [1.82, 2.24) is 24.5 Å². The van der Waals surface area contributed by atoms with Crippen LogP contribution >= 0.6 is 11.6 Å². The molecule has 0 aliphatic carbocycles. The van der Waals surface area contributed by atoms with E-state index in [1.54, 1.807) is 23.3 Å². The number of rotatable bonds is 3. The van der Waals surface area contributed by atoms with E-state index in [0.717, 1.165) is 19.4 Å². The molecule has 0 spiro atoms. The zero-order chi connectivity index (χ0) is 15.7. The number of hydrogen-bond acceptors (Lipinski definition) is 3. The molecule has 1 saturated heterocycles. The van der Waals surface area contributed by atoms with Gasteiger partial charge in [0, 0.05) is 31.7 Å². The topological polar surface area (TPSA) is 56.0 Å². The average Bonchev–Trinajstić information content (AvgIpc) is 3.18. The van der Waals surface area contributed by atoms with Crippen LogP contribution in [0.1, 0.15) is 32.7 Å². The van der Waals surface area contributed by atoms with Crippen LogP contribution in [0.4, 0.5) is 0 Å². The van der Waals surface area contributed by atoms with Gasteiger partial charge in [-0.1, -0.05) is 11.6 Å². The molecule has 0 aromatic carbocycles. The Kier molecular flexibility index (Phi) is 3.95. The highest BCUT2D eigenvalue weighted by molar-refractivity contribution is 6.30. The van der Waals surface area contributed by atoms with Crippen LogP contribution in [0.5, 0.6) is 0 Å². The van der Waals surface area contributed by atoms with Gasteiger partial charge in [0.1, 0.15) is 5.54 Å². The molecule has 1 aliphatic heterocycles. The predicted octanol–water partition coefficient (Wildman–Crippen LogP) is 2.33. The van der Waals surface area contributed by atoms with Gasteiger partial charge in [-0.05, 0) is 32.8 Å². The minimum atomic E-state index is -0.751. The smallest absolute Gasteiger partial charge is 0.250 e. The van der Waals surface area contributed by atoms with E-state index in [2.05, 4.69) is 10.2 Å². The number of carbonyl (C=O) groups excluding carboxylic acids is 1. The summed E-state index contributed by atoms with van der Waals surface area (Å²) < 4.78 is 3.58. The number of carbonyl (C=O) groups is 1. The molecule has 1 fully saturated rings. The van der Waals surface area contributed by atoms with E-state index >= 15 is 0 Å². The predicted molar refractivity (Wildman–Crippen MR) is 83.6 cm³/mol. The summed E-state index contributed by atoms with van der Waals surface area (Å²) in [7, 11) is 0. The fourth-order valence-electron chi connectivity index (χ4n) is 2.94. The second-order valence-corrected chi connectivity index (χ2v) is 6.63. The van der Waals surface area contributed by atoms with Crippen LogP contribution in [-0.4, -0.2) is 43.5 Å². The third kappa shape index (κ3) is 2.75. The monoisotopic (exact) mass is 321 g/mol. The largest absolute Gasteiger partial charge is 0.338 e. The number of aromatic nitrogens is 4. The lowest BCUT2D eigenvalue weighted by molar-refractivity contribution is -0.141. The lowest BCUT2D eigenvalue weighted by atomic mass is 9.99. The summed E-state index contributed by atoms with van der Waals surface area (Å²) in [6.45, 7) is 5.19. The van der Waals surface area contributed by atoms with Gasteiger partial charge < -0.3 is 4.90 Å². The summed E-state index contributed by atoms with van der Waals surface area (Å²) in [6.07, 6.45) is 8.99. The van der Waals surface area contributed by atoms with Gasteiger partial charge in [0.15, 0.2) is 0 Å². The molecule has 0 radical (unpaired) electrons. The molecule has 2 aromatic heterocycles. The molecule has 22 heavy (non-hydrogen) atoms. The molecular formula is C15H20ClN5O. The highest BCUT2D eigenvalue weighted by atomic mass is 35.5. The Morgan fingerprint density at radius 1 is 1.41 bits per heavy atom. The van der Waals surface area contributed by atoms with Crippen LogP contribution in [0.25, 0.3) is 0 Å². The summed E-state index contributed by atoms with van der Waals surface area (Å²) in [5.41, 5.74) is -0.751. The van der Waals surface area contributed by atoms with Crippen LogP contribution < -0.4 is 0 Å². The first kappa shape index (κ1) is 15.1. The SMILES string of the molecule is CC(C)(C(=O)N1CCC[C@@H](n2cccn2)C1)n1cc(Cl)cn1. The van der Waals surface area contributed by atoms with Gasteiger partial charge in [-0.3, -0.25) is 14.2 Å². The zero-order valence-corrected chi connectivity index (χ0v) is 13.6. The second-order valence-electron chi connectivity index (χ2n) is 6.20. The Morgan fingerprint density at radius 3 is 2.86 bits per heavy atom. The molecule has 118 valence electrons. The van der Waals surface area contributed by atoms with Crippen molar-refractivity contribution in [3.8, 4) is 0 Å². The maximum atomic E-state index is 12.9. The number of piperidine rings is 1. The van der Waals surface area contributed by atoms with Gasteiger partial charge in [-0.2, -0.15) is 10.2 Å². The third-order valence-corrected chi connectivity index (χ3v) is 4.43. The Morgan fingerprint density at radius 2 is 2.23 bits per heavy atom. The van der Waals surface area contributed by atoms with Gasteiger partial charge >= 0.3 is 0 Å². The van der Waals surface area contributed by atoms with Crippen molar-refractivity contribution >= 4 is 17.5 Å². The highest BCUT2D eigenvalue weighted by Crippen LogP contribution is 2.26. The fourth-order valence-corrected chi connectivity index (χ4v) is 3.08. The normalized spacial score (nSPS) is 19.4. The number of nitrogens with zero attached hydrogens (tertiary/aromatic N) is 5. The standard InChI is InChI=1S/C15H20ClN5O/c1-15(2,21-10-12(16)9-18-21)14(22)19-7-3-5-13(11-19)20-8-4-6-17-20/h4,6,8-10,13H,3,5,7,11H2,1-2H3/t13-/m1/s1. The first-order valence-corrected chi connectivity index (χ1v) is 7.85. The average molecular weight is 322 g/mol. The van der Waals surface area contributed by atoms with Crippen molar-refractivity contribution in [2.24, 2.45) is 0 Å². The van der Waals surface area contributed by atoms with Crippen molar-refractivity contribution in [2.75, 3.05) is 13.1 Å². The van der Waals surface area contributed by atoms with Crippen molar-refractivity contribution in [3.63, 3.8) is 0 Å². The maximum Gasteiger partial charge on any atom is 0.250 e. The van der Waals surface area contributed by atoms with Gasteiger partial charge in [0.05, 0.1) is 17.3 Å². The highest BCUT2D eigenvalue weighted by Gasteiger charge is 2.37. The number of hydrogen-bond donors (Lipinski definition) is 0. The molecule has 0 bridgehead atoms. The van der Waals surface area contributed by atoms with E-state index in [9.17, 15) is 4.79 Å². The number of halogens is 1. The van der Waals surface area contributed by atoms with Crippen LogP contribution in [0.2, 0.25) is 5.02 Å². The van der Waals surface area contributed by atoms with Crippen LogP contribution in [0, 0.1) is 0 Å². The second kappa shape index (κ2) is 5.76. The molecule has 6 nitrogen and oxygen atoms in total. The van der Waals surface area contributed by atoms with Crippen molar-refractivity contribution in [2.45, 2.75) is 38.3 Å². The van der Waals surface area contributed by atoms with Crippen LogP contribution in [0.15, 0.2) is 30.9 Å². The fraction of sp³-hybridized carbons (Fsp3) is 0.533. The van der Waals surface area contributed by atoms with Gasteiger partial charge in [-0.15, -0.1) is 0 Å². The van der Waals surface area contributed by atoms with Crippen molar-refractivity contribution < 1.29 is 4.79 Å². The molecular weight excluding hydrogens is 302 g/mol. The summed E-state index contributed by atoms with van der Waals surface area (Å²) in [5.74, 6) is 0.0594. The van der Waals surface area contributed by atoms with Crippen LogP contribution in [-0.2, 0) is 10.3 Å². The summed E-state index contributed by atoms with van der Waals surface area (Å²) in [5, 5.41) is 9.03. The molecule has 3 rings (SSSR count).